The van der Waals surface area contributed by atoms with Gasteiger partial charge in [0.25, 0.3) is 5.91 Å². The van der Waals surface area contributed by atoms with E-state index in [0.29, 0.717) is 6.54 Å². The van der Waals surface area contributed by atoms with Crippen LogP contribution >= 0.6 is 0 Å². The molecule has 0 aliphatic rings. The Bertz CT molecular complexity index is 618. The van der Waals surface area contributed by atoms with Crippen molar-refractivity contribution in [3.63, 3.8) is 0 Å². The number of hydrogen-bond acceptors (Lipinski definition) is 6. The fourth-order valence-corrected chi connectivity index (χ4v) is 1.65. The fraction of sp³-hybridized carbons (Fsp3) is 0.600. The van der Waals surface area contributed by atoms with Crippen molar-refractivity contribution in [2.75, 3.05) is 13.6 Å². The van der Waals surface area contributed by atoms with Crippen LogP contribution < -0.4 is 26.6 Å². The average molecular weight is 386 g/mol. The van der Waals surface area contributed by atoms with E-state index in [9.17, 15) is 28.8 Å². The zero-order valence-electron chi connectivity index (χ0n) is 16.0. The Morgan fingerprint density at radius 2 is 1.41 bits per heavy atom. The number of amides is 10. The second kappa shape index (κ2) is 10.7. The number of carbonyl (C=O) groups is 6. The van der Waals surface area contributed by atoms with Crippen molar-refractivity contribution < 1.29 is 28.8 Å². The van der Waals surface area contributed by atoms with Gasteiger partial charge >= 0.3 is 24.1 Å². The summed E-state index contributed by atoms with van der Waals surface area (Å²) in [5.41, 5.74) is -1.60. The highest BCUT2D eigenvalue weighted by atomic mass is 16.2. The van der Waals surface area contributed by atoms with Gasteiger partial charge < -0.3 is 10.2 Å². The molecule has 0 bridgehead atoms. The largest absolute Gasteiger partial charge is 0.330 e. The maximum Gasteiger partial charge on any atom is 0.330 e. The van der Waals surface area contributed by atoms with Crippen molar-refractivity contribution in [1.82, 2.24) is 31.5 Å². The Morgan fingerprint density at radius 3 is 1.93 bits per heavy atom. The number of hydrogen-bond donors (Lipinski definition) is 5. The van der Waals surface area contributed by atoms with Crippen LogP contribution in [0.15, 0.2) is 0 Å². The van der Waals surface area contributed by atoms with Gasteiger partial charge in [-0.1, -0.05) is 13.3 Å². The maximum atomic E-state index is 12.0. The smallest absolute Gasteiger partial charge is 0.327 e. The average Bonchev–Trinajstić information content (AvgIpc) is 2.50. The molecule has 0 radical (unpaired) electrons. The predicted molar refractivity (Wildman–Crippen MR) is 94.6 cm³/mol. The Balaban J connectivity index is 4.54. The highest BCUT2D eigenvalue weighted by molar-refractivity contribution is 6.06. The molecule has 0 unspecified atom stereocenters. The molecular formula is C15H26N6O6. The van der Waals surface area contributed by atoms with Crippen LogP contribution in [-0.4, -0.2) is 60.0 Å². The third kappa shape index (κ3) is 9.77. The minimum absolute atomic E-state index is 0.442. The summed E-state index contributed by atoms with van der Waals surface area (Å²) in [6.45, 7) is 6.01. The van der Waals surface area contributed by atoms with E-state index in [4.69, 9.17) is 0 Å². The number of unbranched alkanes of at least 4 members (excludes halogenated alkanes) is 1. The lowest BCUT2D eigenvalue weighted by atomic mass is 10.1. The summed E-state index contributed by atoms with van der Waals surface area (Å²) in [6, 6.07) is -3.89. The first-order valence-electron chi connectivity index (χ1n) is 8.17. The van der Waals surface area contributed by atoms with Gasteiger partial charge in [0.1, 0.15) is 5.54 Å². The van der Waals surface area contributed by atoms with Crippen LogP contribution in [0.25, 0.3) is 0 Å². The number of nitrogens with one attached hydrogen (secondary N) is 5. The van der Waals surface area contributed by atoms with Gasteiger partial charge in [0.15, 0.2) is 0 Å². The Kier molecular flexibility index (Phi) is 9.47. The van der Waals surface area contributed by atoms with E-state index in [1.807, 2.05) is 28.2 Å². The highest BCUT2D eigenvalue weighted by Crippen LogP contribution is 2.01. The minimum Gasteiger partial charge on any atom is -0.327 e. The van der Waals surface area contributed by atoms with Gasteiger partial charge in [-0.05, 0) is 20.3 Å². The van der Waals surface area contributed by atoms with Crippen LogP contribution in [0.2, 0.25) is 0 Å². The molecule has 5 N–H and O–H groups in total. The molecule has 0 aromatic rings. The van der Waals surface area contributed by atoms with Crippen LogP contribution in [0.1, 0.15) is 40.5 Å². The van der Waals surface area contributed by atoms with Crippen LogP contribution in [0.5, 0.6) is 0 Å². The molecule has 152 valence electrons. The van der Waals surface area contributed by atoms with Gasteiger partial charge in [0.2, 0.25) is 5.91 Å². The first-order chi connectivity index (χ1) is 12.4. The first kappa shape index (κ1) is 23.8. The van der Waals surface area contributed by atoms with Crippen LogP contribution in [0.3, 0.4) is 0 Å². The van der Waals surface area contributed by atoms with Gasteiger partial charge in [-0.25, -0.2) is 19.2 Å². The van der Waals surface area contributed by atoms with E-state index in [2.05, 4.69) is 5.32 Å². The molecule has 0 rings (SSSR count). The summed E-state index contributed by atoms with van der Waals surface area (Å²) in [5.74, 6) is -1.60. The van der Waals surface area contributed by atoms with Crippen molar-refractivity contribution in [2.24, 2.45) is 0 Å². The van der Waals surface area contributed by atoms with Crippen LogP contribution in [0.4, 0.5) is 19.2 Å². The van der Waals surface area contributed by atoms with Crippen molar-refractivity contribution >= 4 is 35.9 Å². The lowest BCUT2D eigenvalue weighted by Gasteiger charge is -2.24. The van der Waals surface area contributed by atoms with E-state index >= 15 is 0 Å². The maximum absolute atomic E-state index is 12.0. The second-order valence-electron chi connectivity index (χ2n) is 6.20. The zero-order valence-corrected chi connectivity index (χ0v) is 16.0. The standard InChI is InChI=1S/C15H26N6O6/c1-6-7-8-21(5)14(27)19-12(25)18-13(26)20-15(3,4)10(23)17-11(24)16-9(2)22/h6-8H2,1-5H3,(H2,16,17,22,23,24)(H3,18,19,20,25,26,27). The Hall–Kier alpha value is -3.18. The van der Waals surface area contributed by atoms with Crippen molar-refractivity contribution in [3.8, 4) is 0 Å². The third-order valence-corrected chi connectivity index (χ3v) is 3.15. The normalized spacial score (nSPS) is 10.3. The van der Waals surface area contributed by atoms with Crippen molar-refractivity contribution in [3.05, 3.63) is 0 Å². The van der Waals surface area contributed by atoms with Crippen molar-refractivity contribution in [2.45, 2.75) is 46.1 Å². The molecule has 0 heterocycles. The SMILES string of the molecule is CCCCN(C)C(=O)NC(=O)NC(=O)NC(C)(C)C(=O)NC(=O)NC(C)=O. The molecule has 0 spiro atoms. The quantitative estimate of drug-likeness (QED) is 0.446. The van der Waals surface area contributed by atoms with Gasteiger partial charge in [-0.3, -0.25) is 30.9 Å². The summed E-state index contributed by atoms with van der Waals surface area (Å²) in [4.78, 5) is 70.5. The summed E-state index contributed by atoms with van der Waals surface area (Å²) in [6.07, 6.45) is 1.63. The zero-order chi connectivity index (χ0) is 21.2. The topological polar surface area (TPSA) is 166 Å². The summed E-state index contributed by atoms with van der Waals surface area (Å²) < 4.78 is 0. The highest BCUT2D eigenvalue weighted by Gasteiger charge is 2.31. The van der Waals surface area contributed by atoms with Gasteiger partial charge in [-0.2, -0.15) is 0 Å². The molecule has 10 amide bonds. The lowest BCUT2D eigenvalue weighted by Crippen LogP contribution is -2.60. The second-order valence-corrected chi connectivity index (χ2v) is 6.20. The van der Waals surface area contributed by atoms with Crippen LogP contribution in [0, 0.1) is 0 Å². The van der Waals surface area contributed by atoms with E-state index in [-0.39, 0.29) is 0 Å². The summed E-state index contributed by atoms with van der Waals surface area (Å²) >= 11 is 0. The van der Waals surface area contributed by atoms with Crippen LogP contribution in [-0.2, 0) is 9.59 Å². The number of rotatable bonds is 5. The predicted octanol–water partition coefficient (Wildman–Crippen LogP) is -0.00200. The molecule has 0 aromatic heterocycles. The molecule has 0 saturated carbocycles. The Labute approximate surface area is 156 Å². The van der Waals surface area contributed by atoms with E-state index in [1.165, 1.54) is 25.8 Å². The summed E-state index contributed by atoms with van der Waals surface area (Å²) in [7, 11) is 1.50. The molecule has 0 aliphatic heterocycles. The van der Waals surface area contributed by atoms with E-state index in [1.54, 1.807) is 0 Å². The number of imide groups is 4. The molecule has 0 fully saturated rings. The van der Waals surface area contributed by atoms with Gasteiger partial charge in [0.05, 0.1) is 0 Å². The Morgan fingerprint density at radius 1 is 0.852 bits per heavy atom. The molecule has 12 nitrogen and oxygen atoms in total. The molecule has 12 heteroatoms. The molecule has 27 heavy (non-hydrogen) atoms. The minimum atomic E-state index is -1.60. The fourth-order valence-electron chi connectivity index (χ4n) is 1.65. The number of carbonyl (C=O) groups excluding carboxylic acids is 6. The van der Waals surface area contributed by atoms with E-state index in [0.717, 1.165) is 19.8 Å². The molecule has 0 aromatic carbocycles. The molecular weight excluding hydrogens is 360 g/mol. The summed E-state index contributed by atoms with van der Waals surface area (Å²) in [5, 5.41) is 9.66. The lowest BCUT2D eigenvalue weighted by molar-refractivity contribution is -0.125. The number of urea groups is 4. The third-order valence-electron chi connectivity index (χ3n) is 3.15. The molecule has 0 saturated heterocycles. The van der Waals surface area contributed by atoms with Gasteiger partial charge in [0, 0.05) is 20.5 Å². The number of nitrogens with zero attached hydrogens (tertiary/aromatic N) is 1. The molecule has 0 aliphatic carbocycles. The van der Waals surface area contributed by atoms with E-state index < -0.39 is 41.5 Å². The molecule has 0 atom stereocenters. The van der Waals surface area contributed by atoms with Gasteiger partial charge in [-0.15, -0.1) is 0 Å². The monoisotopic (exact) mass is 386 g/mol. The van der Waals surface area contributed by atoms with Crippen molar-refractivity contribution in [1.29, 1.82) is 0 Å². The first-order valence-corrected chi connectivity index (χ1v) is 8.17.